The third-order valence-corrected chi connectivity index (χ3v) is 16.5. The van der Waals surface area contributed by atoms with Crippen LogP contribution in [-0.4, -0.2) is 36.5 Å². The van der Waals surface area contributed by atoms with E-state index in [1.807, 2.05) is 0 Å². The van der Waals surface area contributed by atoms with Crippen molar-refractivity contribution in [1.29, 1.82) is 0 Å². The summed E-state index contributed by atoms with van der Waals surface area (Å²) < 4.78 is 20.4. The normalized spacial score (nSPS) is 45.5. The Morgan fingerprint density at radius 1 is 0.911 bits per heavy atom. The van der Waals surface area contributed by atoms with Gasteiger partial charge in [0.1, 0.15) is 11.2 Å². The maximum Gasteiger partial charge on any atom is 0.155 e. The second kappa shape index (κ2) is 11.5. The number of nitrogens with one attached hydrogen (secondary N) is 1. The van der Waals surface area contributed by atoms with Crippen LogP contribution in [0, 0.1) is 57.5 Å². The molecule has 0 aromatic carbocycles. The van der Waals surface area contributed by atoms with Gasteiger partial charge in [-0.1, -0.05) is 93.2 Å². The summed E-state index contributed by atoms with van der Waals surface area (Å²) in [6, 6.07) is 0. The van der Waals surface area contributed by atoms with Crippen molar-refractivity contribution in [2.45, 2.75) is 175 Å². The van der Waals surface area contributed by atoms with E-state index < -0.39 is 0 Å². The topological polar surface area (TPSA) is 39.7 Å². The first-order chi connectivity index (χ1) is 21.2. The fourth-order valence-electron chi connectivity index (χ4n) is 12.4. The zero-order valence-electron chi connectivity index (χ0n) is 30.8. The van der Waals surface area contributed by atoms with Crippen LogP contribution < -0.4 is 5.32 Å². The van der Waals surface area contributed by atoms with E-state index in [0.29, 0.717) is 29.8 Å². The van der Waals surface area contributed by atoms with Crippen LogP contribution >= 0.6 is 0 Å². The first-order valence-electron chi connectivity index (χ1n) is 19.1. The van der Waals surface area contributed by atoms with Crippen molar-refractivity contribution in [1.82, 2.24) is 5.32 Å². The van der Waals surface area contributed by atoms with Gasteiger partial charge < -0.3 is 19.5 Å². The summed E-state index contributed by atoms with van der Waals surface area (Å²) in [6.07, 6.45) is 25.8. The molecule has 0 saturated heterocycles. The largest absolute Gasteiger partial charge is 0.437 e. The van der Waals surface area contributed by atoms with Crippen LogP contribution in [0.5, 0.6) is 0 Å². The molecule has 1 aliphatic heterocycles. The van der Waals surface area contributed by atoms with Gasteiger partial charge in [-0.15, -0.1) is 0 Å². The molecule has 0 aromatic heterocycles. The minimum atomic E-state index is -0.286. The Kier molecular flexibility index (Phi) is 8.59. The number of allylic oxidation sites excluding steroid dienone is 1. The van der Waals surface area contributed by atoms with Crippen molar-refractivity contribution in [2.75, 3.05) is 13.7 Å². The standard InChI is InChI=1S/C41H67NO3/c1-11-36(7)33-16-15-31-32(17-22-41-27-40(30(4)29(2)3,44-25-26-45-41)24-23-37(31,41)8)38(33,9)35(5,6)21-18-34(36)43-28-39(42-10)19-13-12-14-20-39/h17,29-31,33-34,42H,11-16,18-24,27-28H2,1-10H3/t30-,31?,33?,34?,36+,37?,38-,40-,41-/m1/s1. The molecule has 2 bridgehead atoms. The van der Waals surface area contributed by atoms with Crippen LogP contribution in [-0.2, 0) is 14.2 Å². The van der Waals surface area contributed by atoms with E-state index in [0.717, 1.165) is 38.7 Å². The van der Waals surface area contributed by atoms with E-state index in [-0.39, 0.29) is 38.4 Å². The van der Waals surface area contributed by atoms with Gasteiger partial charge in [0.15, 0.2) is 12.2 Å². The van der Waals surface area contributed by atoms with E-state index in [2.05, 4.69) is 93.0 Å². The van der Waals surface area contributed by atoms with Crippen molar-refractivity contribution in [2.24, 2.45) is 45.3 Å². The number of hydrogen-bond acceptors (Lipinski definition) is 4. The van der Waals surface area contributed by atoms with Gasteiger partial charge in [0.25, 0.3) is 0 Å². The lowest BCUT2D eigenvalue weighted by Gasteiger charge is -2.67. The van der Waals surface area contributed by atoms with Gasteiger partial charge in [-0.2, -0.15) is 0 Å². The Labute approximate surface area is 277 Å². The number of ether oxygens (including phenoxy) is 3. The fraction of sp³-hybridized carbons (Fsp3) is 0.902. The summed E-state index contributed by atoms with van der Waals surface area (Å²) in [5, 5.41) is 3.74. The van der Waals surface area contributed by atoms with Crippen LogP contribution in [0.1, 0.15) is 152 Å². The number of fused-ring (bicyclic) bond motifs is 5. The first-order valence-corrected chi connectivity index (χ1v) is 19.1. The molecule has 45 heavy (non-hydrogen) atoms. The third-order valence-electron chi connectivity index (χ3n) is 16.5. The summed E-state index contributed by atoms with van der Waals surface area (Å²) >= 11 is 0. The molecule has 1 N–H and O–H groups in total. The van der Waals surface area contributed by atoms with Crippen molar-refractivity contribution in [3.05, 3.63) is 11.6 Å². The number of likely N-dealkylation sites (N-methyl/N-ethyl adjacent to an activating group) is 1. The van der Waals surface area contributed by atoms with Crippen LogP contribution in [0.15, 0.2) is 11.6 Å². The van der Waals surface area contributed by atoms with E-state index >= 15 is 0 Å². The zero-order chi connectivity index (χ0) is 32.5. The highest BCUT2D eigenvalue weighted by atomic mass is 16.5. The van der Waals surface area contributed by atoms with Crippen LogP contribution in [0.2, 0.25) is 0 Å². The molecule has 6 aliphatic rings. The average molecular weight is 622 g/mol. The Morgan fingerprint density at radius 3 is 2.29 bits per heavy atom. The Hall–Kier alpha value is -1.18. The summed E-state index contributed by atoms with van der Waals surface area (Å²) in [5.41, 5.74) is 1.88. The molecule has 1 spiro atoms. The SMILES string of the molecule is CC[C@]1(C)C(OCC2(NC)CCCCC2)CCC(C)(C)[C@]2(C)C3=CC[C@@]45C[C@@]([C@H](C)C(C)C)(CCC4(C)C3CCC12)OC#CO5. The zero-order valence-corrected chi connectivity index (χ0v) is 30.8. The van der Waals surface area contributed by atoms with Crippen molar-refractivity contribution in [3.8, 4) is 12.2 Å². The number of rotatable bonds is 7. The molecule has 0 radical (unpaired) electrons. The molecule has 0 aromatic rings. The van der Waals surface area contributed by atoms with Crippen molar-refractivity contribution < 1.29 is 14.2 Å². The van der Waals surface area contributed by atoms with Crippen LogP contribution in [0.25, 0.3) is 0 Å². The fourth-order valence-corrected chi connectivity index (χ4v) is 12.4. The lowest BCUT2D eigenvalue weighted by atomic mass is 9.39. The average Bonchev–Trinajstić information content (AvgIpc) is 3.23. The Balaban J connectivity index is 1.36. The van der Waals surface area contributed by atoms with Gasteiger partial charge in [0.05, 0.1) is 12.7 Å². The molecule has 4 nitrogen and oxygen atoms in total. The minimum absolute atomic E-state index is 0.0503. The van der Waals surface area contributed by atoms with Crippen molar-refractivity contribution in [3.63, 3.8) is 0 Å². The van der Waals surface area contributed by atoms with Gasteiger partial charge in [-0.25, -0.2) is 0 Å². The van der Waals surface area contributed by atoms with E-state index in [1.54, 1.807) is 5.57 Å². The second-order valence-electron chi connectivity index (χ2n) is 18.5. The lowest BCUT2D eigenvalue weighted by molar-refractivity contribution is -0.207. The van der Waals surface area contributed by atoms with Crippen LogP contribution in [0.3, 0.4) is 0 Å². The quantitative estimate of drug-likeness (QED) is 0.227. The number of hydrogen-bond donors (Lipinski definition) is 1. The van der Waals surface area contributed by atoms with E-state index in [9.17, 15) is 0 Å². The van der Waals surface area contributed by atoms with Crippen LogP contribution in [0.4, 0.5) is 0 Å². The predicted octanol–water partition coefficient (Wildman–Crippen LogP) is 9.82. The molecule has 1 heterocycles. The summed E-state index contributed by atoms with van der Waals surface area (Å²) in [7, 11) is 2.17. The molecule has 4 saturated carbocycles. The molecule has 4 fully saturated rings. The first kappa shape index (κ1) is 33.7. The lowest BCUT2D eigenvalue weighted by Crippen LogP contribution is -2.66. The molecular weight excluding hydrogens is 554 g/mol. The summed E-state index contributed by atoms with van der Waals surface area (Å²) in [4.78, 5) is 0. The molecule has 9 atom stereocenters. The molecular formula is C41H67NO3. The highest BCUT2D eigenvalue weighted by Gasteiger charge is 2.70. The minimum Gasteiger partial charge on any atom is -0.437 e. The molecule has 4 unspecified atom stereocenters. The van der Waals surface area contributed by atoms with E-state index in [4.69, 9.17) is 14.2 Å². The maximum absolute atomic E-state index is 7.22. The molecule has 4 heteroatoms. The predicted molar refractivity (Wildman–Crippen MR) is 184 cm³/mol. The monoisotopic (exact) mass is 622 g/mol. The molecule has 254 valence electrons. The second-order valence-corrected chi connectivity index (χ2v) is 18.5. The smallest absolute Gasteiger partial charge is 0.155 e. The van der Waals surface area contributed by atoms with Gasteiger partial charge in [-0.3, -0.25) is 0 Å². The van der Waals surface area contributed by atoms with Gasteiger partial charge in [-0.05, 0) is 105 Å². The van der Waals surface area contributed by atoms with Gasteiger partial charge >= 0.3 is 0 Å². The van der Waals surface area contributed by atoms with Gasteiger partial charge in [0.2, 0.25) is 0 Å². The van der Waals surface area contributed by atoms with Gasteiger partial charge in [0, 0.05) is 23.8 Å². The van der Waals surface area contributed by atoms with Crippen molar-refractivity contribution >= 4 is 0 Å². The highest BCUT2D eigenvalue weighted by Crippen LogP contribution is 2.73. The summed E-state index contributed by atoms with van der Waals surface area (Å²) in [5.74, 6) is 2.10. The Morgan fingerprint density at radius 2 is 1.62 bits per heavy atom. The molecule has 5 aliphatic carbocycles. The summed E-state index contributed by atoms with van der Waals surface area (Å²) in [6.45, 7) is 23.5. The molecule has 6 rings (SSSR count). The molecule has 0 amide bonds. The Bertz CT molecular complexity index is 1200. The third kappa shape index (κ3) is 4.81. The van der Waals surface area contributed by atoms with E-state index in [1.165, 1.54) is 57.8 Å². The maximum atomic E-state index is 7.22. The highest BCUT2D eigenvalue weighted by molar-refractivity contribution is 5.36.